The van der Waals surface area contributed by atoms with E-state index in [9.17, 15) is 0 Å². The van der Waals surface area contributed by atoms with E-state index >= 15 is 0 Å². The molecule has 2 aliphatic rings. The Balaban J connectivity index is 1.54. The molecule has 2 nitrogen and oxygen atoms in total. The van der Waals surface area contributed by atoms with Crippen molar-refractivity contribution in [2.75, 3.05) is 31.5 Å². The molecular formula is C18H28N2. The molecule has 1 fully saturated rings. The number of nitrogens with zero attached hydrogens (tertiary/aromatic N) is 1. The molecule has 1 saturated heterocycles. The Kier molecular flexibility index (Phi) is 4.62. The molecule has 0 spiro atoms. The van der Waals surface area contributed by atoms with Gasteiger partial charge in [-0.25, -0.2) is 0 Å². The van der Waals surface area contributed by atoms with Gasteiger partial charge in [-0.15, -0.1) is 0 Å². The lowest BCUT2D eigenvalue weighted by atomic mass is 9.93. The van der Waals surface area contributed by atoms with Gasteiger partial charge in [0.2, 0.25) is 0 Å². The SMILES string of the molecule is CCC1CCCN(CC2CNc3ccccc3C2)CC1. The largest absolute Gasteiger partial charge is 0.384 e. The van der Waals surface area contributed by atoms with Crippen LogP contribution in [0, 0.1) is 11.8 Å². The lowest BCUT2D eigenvalue weighted by Gasteiger charge is -2.31. The molecule has 2 aliphatic heterocycles. The zero-order valence-corrected chi connectivity index (χ0v) is 12.8. The number of fused-ring (bicyclic) bond motifs is 1. The lowest BCUT2D eigenvalue weighted by molar-refractivity contribution is 0.237. The molecule has 0 saturated carbocycles. The van der Waals surface area contributed by atoms with Crippen LogP contribution >= 0.6 is 0 Å². The summed E-state index contributed by atoms with van der Waals surface area (Å²) in [5.41, 5.74) is 2.86. The van der Waals surface area contributed by atoms with Gasteiger partial charge in [0.25, 0.3) is 0 Å². The molecule has 1 aromatic carbocycles. The molecule has 0 radical (unpaired) electrons. The van der Waals surface area contributed by atoms with Crippen LogP contribution in [0.3, 0.4) is 0 Å². The van der Waals surface area contributed by atoms with Crippen molar-refractivity contribution in [1.29, 1.82) is 0 Å². The van der Waals surface area contributed by atoms with E-state index in [2.05, 4.69) is 41.4 Å². The molecule has 1 N–H and O–H groups in total. The van der Waals surface area contributed by atoms with Crippen molar-refractivity contribution >= 4 is 5.69 Å². The minimum Gasteiger partial charge on any atom is -0.384 e. The monoisotopic (exact) mass is 272 g/mol. The summed E-state index contributed by atoms with van der Waals surface area (Å²) in [6.45, 7) is 7.40. The summed E-state index contributed by atoms with van der Waals surface area (Å²) in [6.07, 6.45) is 6.87. The number of para-hydroxylation sites is 1. The number of benzene rings is 1. The van der Waals surface area contributed by atoms with E-state index in [1.165, 1.54) is 63.0 Å². The van der Waals surface area contributed by atoms with Crippen LogP contribution in [0.1, 0.15) is 38.2 Å². The molecule has 1 aromatic rings. The van der Waals surface area contributed by atoms with E-state index in [1.54, 1.807) is 0 Å². The molecule has 0 bridgehead atoms. The second kappa shape index (κ2) is 6.62. The van der Waals surface area contributed by atoms with Crippen molar-refractivity contribution in [2.24, 2.45) is 11.8 Å². The molecule has 3 rings (SSSR count). The third kappa shape index (κ3) is 3.35. The minimum atomic E-state index is 0.781. The highest BCUT2D eigenvalue weighted by Gasteiger charge is 2.22. The van der Waals surface area contributed by atoms with E-state index < -0.39 is 0 Å². The van der Waals surface area contributed by atoms with Gasteiger partial charge in [-0.1, -0.05) is 31.5 Å². The number of hydrogen-bond donors (Lipinski definition) is 1. The molecule has 2 unspecified atom stereocenters. The Bertz CT molecular complexity index is 429. The number of nitrogens with one attached hydrogen (secondary N) is 1. The van der Waals surface area contributed by atoms with E-state index in [-0.39, 0.29) is 0 Å². The maximum atomic E-state index is 3.61. The Morgan fingerprint density at radius 1 is 1.15 bits per heavy atom. The predicted molar refractivity (Wildman–Crippen MR) is 86.2 cm³/mol. The van der Waals surface area contributed by atoms with Gasteiger partial charge in [-0.2, -0.15) is 0 Å². The number of likely N-dealkylation sites (tertiary alicyclic amines) is 1. The van der Waals surface area contributed by atoms with Crippen LogP contribution in [0.25, 0.3) is 0 Å². The number of anilines is 1. The molecular weight excluding hydrogens is 244 g/mol. The lowest BCUT2D eigenvalue weighted by Crippen LogP contribution is -2.36. The van der Waals surface area contributed by atoms with E-state index in [1.807, 2.05) is 0 Å². The molecule has 110 valence electrons. The second-order valence-electron chi connectivity index (χ2n) is 6.61. The molecule has 0 amide bonds. The average Bonchev–Trinajstić information content (AvgIpc) is 2.72. The standard InChI is InChI=1S/C18H28N2/c1-2-15-6-5-10-20(11-9-15)14-16-12-17-7-3-4-8-18(17)19-13-16/h3-4,7-8,15-16,19H,2,5-6,9-14H2,1H3. The first-order valence-electron chi connectivity index (χ1n) is 8.39. The summed E-state index contributed by atoms with van der Waals surface area (Å²) in [5.74, 6) is 1.76. The molecule has 2 atom stereocenters. The predicted octanol–water partition coefficient (Wildman–Crippen LogP) is 3.78. The van der Waals surface area contributed by atoms with Crippen molar-refractivity contribution in [3.05, 3.63) is 29.8 Å². The summed E-state index contributed by atoms with van der Waals surface area (Å²) in [4.78, 5) is 2.72. The third-order valence-electron chi connectivity index (χ3n) is 5.14. The van der Waals surface area contributed by atoms with Gasteiger partial charge >= 0.3 is 0 Å². The van der Waals surface area contributed by atoms with Crippen LogP contribution in [-0.4, -0.2) is 31.1 Å². The number of hydrogen-bond acceptors (Lipinski definition) is 2. The molecule has 0 aromatic heterocycles. The van der Waals surface area contributed by atoms with Gasteiger partial charge in [0.1, 0.15) is 0 Å². The Morgan fingerprint density at radius 2 is 2.05 bits per heavy atom. The zero-order chi connectivity index (χ0) is 13.8. The van der Waals surface area contributed by atoms with Crippen molar-refractivity contribution in [1.82, 2.24) is 4.90 Å². The van der Waals surface area contributed by atoms with Crippen molar-refractivity contribution in [3.63, 3.8) is 0 Å². The maximum Gasteiger partial charge on any atom is 0.0372 e. The molecule has 20 heavy (non-hydrogen) atoms. The highest BCUT2D eigenvalue weighted by atomic mass is 15.1. The van der Waals surface area contributed by atoms with Crippen LogP contribution in [-0.2, 0) is 6.42 Å². The first-order chi connectivity index (χ1) is 9.85. The highest BCUT2D eigenvalue weighted by Crippen LogP contribution is 2.26. The van der Waals surface area contributed by atoms with Gasteiger partial charge in [0, 0.05) is 18.8 Å². The summed E-state index contributed by atoms with van der Waals surface area (Å²) >= 11 is 0. The van der Waals surface area contributed by atoms with Crippen molar-refractivity contribution in [3.8, 4) is 0 Å². The summed E-state index contributed by atoms with van der Waals surface area (Å²) in [5, 5.41) is 3.61. The van der Waals surface area contributed by atoms with Crippen LogP contribution in [0.5, 0.6) is 0 Å². The van der Waals surface area contributed by atoms with Crippen molar-refractivity contribution in [2.45, 2.75) is 39.0 Å². The fourth-order valence-electron chi connectivity index (χ4n) is 3.82. The van der Waals surface area contributed by atoms with Crippen LogP contribution in [0.2, 0.25) is 0 Å². The summed E-state index contributed by atoms with van der Waals surface area (Å²) in [6, 6.07) is 8.79. The minimum absolute atomic E-state index is 0.781. The van der Waals surface area contributed by atoms with Gasteiger partial charge in [-0.05, 0) is 62.2 Å². The first kappa shape index (κ1) is 13.9. The Labute approximate surface area is 123 Å². The van der Waals surface area contributed by atoms with Crippen LogP contribution in [0.4, 0.5) is 5.69 Å². The van der Waals surface area contributed by atoms with Crippen LogP contribution < -0.4 is 5.32 Å². The van der Waals surface area contributed by atoms with Crippen LogP contribution in [0.15, 0.2) is 24.3 Å². The zero-order valence-electron chi connectivity index (χ0n) is 12.8. The molecule has 2 heteroatoms. The highest BCUT2D eigenvalue weighted by molar-refractivity contribution is 5.53. The topological polar surface area (TPSA) is 15.3 Å². The summed E-state index contributed by atoms with van der Waals surface area (Å²) < 4.78 is 0. The normalized spacial score (nSPS) is 27.4. The quantitative estimate of drug-likeness (QED) is 0.901. The molecule has 2 heterocycles. The smallest absolute Gasteiger partial charge is 0.0372 e. The number of rotatable bonds is 3. The van der Waals surface area contributed by atoms with Crippen molar-refractivity contribution < 1.29 is 0 Å². The average molecular weight is 272 g/mol. The fraction of sp³-hybridized carbons (Fsp3) is 0.667. The van der Waals surface area contributed by atoms with Gasteiger partial charge < -0.3 is 10.2 Å². The first-order valence-corrected chi connectivity index (χ1v) is 8.39. The second-order valence-corrected chi connectivity index (χ2v) is 6.61. The van der Waals surface area contributed by atoms with E-state index in [4.69, 9.17) is 0 Å². The van der Waals surface area contributed by atoms with Gasteiger partial charge in [-0.3, -0.25) is 0 Å². The Morgan fingerprint density at radius 3 is 2.95 bits per heavy atom. The third-order valence-corrected chi connectivity index (χ3v) is 5.14. The Hall–Kier alpha value is -1.02. The van der Waals surface area contributed by atoms with E-state index in [0.717, 1.165) is 18.4 Å². The fourth-order valence-corrected chi connectivity index (χ4v) is 3.82. The summed E-state index contributed by atoms with van der Waals surface area (Å²) in [7, 11) is 0. The van der Waals surface area contributed by atoms with Gasteiger partial charge in [0.05, 0.1) is 0 Å². The maximum absolute atomic E-state index is 3.61. The van der Waals surface area contributed by atoms with E-state index in [0.29, 0.717) is 0 Å². The molecule has 0 aliphatic carbocycles. The van der Waals surface area contributed by atoms with Gasteiger partial charge in [0.15, 0.2) is 0 Å².